The van der Waals surface area contributed by atoms with Gasteiger partial charge in [-0.15, -0.1) is 0 Å². The van der Waals surface area contributed by atoms with Gasteiger partial charge in [0.05, 0.1) is 22.5 Å². The Morgan fingerprint density at radius 3 is 2.54 bits per heavy atom. The van der Waals surface area contributed by atoms with Gasteiger partial charge in [0.2, 0.25) is 0 Å². The van der Waals surface area contributed by atoms with E-state index in [1.165, 1.54) is 11.3 Å². The van der Waals surface area contributed by atoms with Gasteiger partial charge in [-0.25, -0.2) is 4.98 Å². The van der Waals surface area contributed by atoms with Crippen LogP contribution in [0.2, 0.25) is 0 Å². The SMILES string of the molecule is Cc1cn(C)nc1C(=O)N(Cc1ccccn1)c1nc2c(C)ccc(C)c2s1. The second-order valence-electron chi connectivity index (χ2n) is 6.92. The van der Waals surface area contributed by atoms with Crippen LogP contribution in [0.3, 0.4) is 0 Å². The quantitative estimate of drug-likeness (QED) is 0.523. The van der Waals surface area contributed by atoms with E-state index >= 15 is 0 Å². The van der Waals surface area contributed by atoms with Gasteiger partial charge >= 0.3 is 0 Å². The molecule has 4 rings (SSSR count). The van der Waals surface area contributed by atoms with Gasteiger partial charge in [-0.1, -0.05) is 29.5 Å². The van der Waals surface area contributed by atoms with Gasteiger partial charge in [-0.2, -0.15) is 5.10 Å². The molecular formula is C21H21N5OS. The number of pyridine rings is 1. The number of fused-ring (bicyclic) bond motifs is 1. The number of aryl methyl sites for hydroxylation is 4. The number of carbonyl (C=O) groups excluding carboxylic acids is 1. The number of amides is 1. The van der Waals surface area contributed by atoms with Crippen LogP contribution in [0.15, 0.2) is 42.7 Å². The molecule has 0 radical (unpaired) electrons. The normalized spacial score (nSPS) is 11.1. The van der Waals surface area contributed by atoms with Crippen LogP contribution >= 0.6 is 11.3 Å². The van der Waals surface area contributed by atoms with Gasteiger partial charge in [0.15, 0.2) is 10.8 Å². The summed E-state index contributed by atoms with van der Waals surface area (Å²) in [6, 6.07) is 9.85. The predicted molar refractivity (Wildman–Crippen MR) is 112 cm³/mol. The standard InChI is InChI=1S/C21H21N5OS/c1-13-8-9-14(2)19-17(13)23-21(28-19)26(12-16-7-5-6-10-22-16)20(27)18-15(3)11-25(4)24-18/h5-11H,12H2,1-4H3. The topological polar surface area (TPSA) is 63.9 Å². The van der Waals surface area contributed by atoms with E-state index in [9.17, 15) is 4.79 Å². The van der Waals surface area contributed by atoms with E-state index in [1.807, 2.05) is 45.3 Å². The first-order chi connectivity index (χ1) is 13.4. The summed E-state index contributed by atoms with van der Waals surface area (Å²) in [5.41, 5.74) is 5.28. The zero-order valence-electron chi connectivity index (χ0n) is 16.3. The molecule has 28 heavy (non-hydrogen) atoms. The van der Waals surface area contributed by atoms with Crippen molar-refractivity contribution in [3.63, 3.8) is 0 Å². The van der Waals surface area contributed by atoms with Crippen molar-refractivity contribution in [2.24, 2.45) is 7.05 Å². The number of thiazole rings is 1. The molecule has 0 spiro atoms. The molecule has 0 aliphatic heterocycles. The summed E-state index contributed by atoms with van der Waals surface area (Å²) in [6.45, 7) is 6.34. The molecule has 0 N–H and O–H groups in total. The predicted octanol–water partition coefficient (Wildman–Crippen LogP) is 4.20. The summed E-state index contributed by atoms with van der Waals surface area (Å²) in [5.74, 6) is -0.168. The van der Waals surface area contributed by atoms with E-state index in [0.29, 0.717) is 17.4 Å². The van der Waals surface area contributed by atoms with Crippen LogP contribution in [0, 0.1) is 20.8 Å². The zero-order chi connectivity index (χ0) is 19.8. The molecule has 0 unspecified atom stereocenters. The first kappa shape index (κ1) is 18.3. The number of hydrogen-bond acceptors (Lipinski definition) is 5. The van der Waals surface area contributed by atoms with Crippen LogP contribution < -0.4 is 4.90 Å². The minimum Gasteiger partial charge on any atom is -0.276 e. The molecule has 0 saturated heterocycles. The van der Waals surface area contributed by atoms with Crippen molar-refractivity contribution in [1.82, 2.24) is 19.7 Å². The third-order valence-corrected chi connectivity index (χ3v) is 5.88. The van der Waals surface area contributed by atoms with Crippen molar-refractivity contribution in [3.8, 4) is 0 Å². The van der Waals surface area contributed by atoms with Crippen LogP contribution in [-0.4, -0.2) is 25.7 Å². The summed E-state index contributed by atoms with van der Waals surface area (Å²) in [6.07, 6.45) is 3.58. The Hall–Kier alpha value is -3.06. The van der Waals surface area contributed by atoms with E-state index in [-0.39, 0.29) is 5.91 Å². The third-order valence-electron chi connectivity index (χ3n) is 4.67. The molecule has 0 aliphatic carbocycles. The van der Waals surface area contributed by atoms with Gasteiger partial charge in [0.1, 0.15) is 0 Å². The second-order valence-corrected chi connectivity index (χ2v) is 7.90. The van der Waals surface area contributed by atoms with Crippen molar-refractivity contribution in [3.05, 3.63) is 70.8 Å². The molecule has 0 atom stereocenters. The fourth-order valence-electron chi connectivity index (χ4n) is 3.19. The third kappa shape index (κ3) is 3.29. The number of benzene rings is 1. The number of nitrogens with zero attached hydrogens (tertiary/aromatic N) is 5. The molecule has 4 aromatic rings. The molecule has 0 fully saturated rings. The Kier molecular flexibility index (Phi) is 4.68. The highest BCUT2D eigenvalue weighted by Crippen LogP contribution is 2.34. The monoisotopic (exact) mass is 391 g/mol. The minimum atomic E-state index is -0.168. The molecule has 1 aromatic carbocycles. The second kappa shape index (κ2) is 7.16. The Morgan fingerprint density at radius 2 is 1.89 bits per heavy atom. The lowest BCUT2D eigenvalue weighted by molar-refractivity contribution is 0.0978. The summed E-state index contributed by atoms with van der Waals surface area (Å²) < 4.78 is 2.76. The van der Waals surface area contributed by atoms with Gasteiger partial charge in [0.25, 0.3) is 5.91 Å². The molecule has 0 bridgehead atoms. The molecule has 3 aromatic heterocycles. The molecular weight excluding hydrogens is 370 g/mol. The van der Waals surface area contributed by atoms with Crippen LogP contribution in [0.25, 0.3) is 10.2 Å². The first-order valence-electron chi connectivity index (χ1n) is 9.03. The largest absolute Gasteiger partial charge is 0.281 e. The maximum Gasteiger partial charge on any atom is 0.281 e. The lowest BCUT2D eigenvalue weighted by Crippen LogP contribution is -2.31. The van der Waals surface area contributed by atoms with E-state index in [0.717, 1.165) is 32.6 Å². The van der Waals surface area contributed by atoms with E-state index < -0.39 is 0 Å². The average Bonchev–Trinajstić information content (AvgIpc) is 3.27. The minimum absolute atomic E-state index is 0.168. The van der Waals surface area contributed by atoms with Crippen LogP contribution in [0.5, 0.6) is 0 Å². The summed E-state index contributed by atoms with van der Waals surface area (Å²) in [7, 11) is 1.82. The van der Waals surface area contributed by atoms with Crippen molar-refractivity contribution in [1.29, 1.82) is 0 Å². The van der Waals surface area contributed by atoms with Crippen molar-refractivity contribution >= 4 is 32.6 Å². The van der Waals surface area contributed by atoms with Crippen LogP contribution in [0.1, 0.15) is 32.9 Å². The number of anilines is 1. The number of carbonyl (C=O) groups is 1. The Balaban J connectivity index is 1.83. The number of rotatable bonds is 4. The smallest absolute Gasteiger partial charge is 0.276 e. The van der Waals surface area contributed by atoms with Gasteiger partial charge < -0.3 is 0 Å². The van der Waals surface area contributed by atoms with Crippen molar-refractivity contribution in [2.75, 3.05) is 4.90 Å². The van der Waals surface area contributed by atoms with Crippen molar-refractivity contribution < 1.29 is 4.79 Å². The Morgan fingerprint density at radius 1 is 1.11 bits per heavy atom. The molecule has 7 heteroatoms. The number of aromatic nitrogens is 4. The van der Waals surface area contributed by atoms with Crippen molar-refractivity contribution in [2.45, 2.75) is 27.3 Å². The zero-order valence-corrected chi connectivity index (χ0v) is 17.1. The highest BCUT2D eigenvalue weighted by atomic mass is 32.1. The Bertz CT molecular complexity index is 1120. The van der Waals surface area contributed by atoms with Crippen LogP contribution in [-0.2, 0) is 13.6 Å². The maximum atomic E-state index is 13.4. The van der Waals surface area contributed by atoms with E-state index in [4.69, 9.17) is 4.98 Å². The molecule has 1 amide bonds. The molecule has 0 aliphatic rings. The summed E-state index contributed by atoms with van der Waals surface area (Å²) in [5, 5.41) is 5.03. The summed E-state index contributed by atoms with van der Waals surface area (Å²) in [4.78, 5) is 24.3. The lowest BCUT2D eigenvalue weighted by atomic mass is 10.1. The first-order valence-corrected chi connectivity index (χ1v) is 9.84. The Labute approximate surface area is 167 Å². The fraction of sp³-hybridized carbons (Fsp3) is 0.238. The molecule has 6 nitrogen and oxygen atoms in total. The van der Waals surface area contributed by atoms with Gasteiger partial charge in [-0.3, -0.25) is 19.4 Å². The molecule has 0 saturated carbocycles. The van der Waals surface area contributed by atoms with E-state index in [1.54, 1.807) is 15.8 Å². The molecule has 3 heterocycles. The van der Waals surface area contributed by atoms with E-state index in [2.05, 4.69) is 29.1 Å². The van der Waals surface area contributed by atoms with Gasteiger partial charge in [0, 0.05) is 25.0 Å². The fourth-order valence-corrected chi connectivity index (χ4v) is 4.30. The maximum absolute atomic E-state index is 13.4. The molecule has 142 valence electrons. The highest BCUT2D eigenvalue weighted by Gasteiger charge is 2.26. The number of hydrogen-bond donors (Lipinski definition) is 0. The highest BCUT2D eigenvalue weighted by molar-refractivity contribution is 7.22. The van der Waals surface area contributed by atoms with Crippen LogP contribution in [0.4, 0.5) is 5.13 Å². The lowest BCUT2D eigenvalue weighted by Gasteiger charge is -2.18. The summed E-state index contributed by atoms with van der Waals surface area (Å²) >= 11 is 1.53. The average molecular weight is 392 g/mol. The van der Waals surface area contributed by atoms with Gasteiger partial charge in [-0.05, 0) is 44.0 Å².